The molecule has 3 heterocycles. The number of hydrogen-bond donors (Lipinski definition) is 1. The fourth-order valence-electron chi connectivity index (χ4n) is 4.50. The lowest BCUT2D eigenvalue weighted by Crippen LogP contribution is -2.40. The number of nitrogens with one attached hydrogen (secondary N) is 1. The number of ether oxygens (including phenoxy) is 1. The van der Waals surface area contributed by atoms with Crippen molar-refractivity contribution in [1.29, 1.82) is 0 Å². The van der Waals surface area contributed by atoms with Crippen LogP contribution in [-0.2, 0) is 21.1 Å². The zero-order valence-corrected chi connectivity index (χ0v) is 15.5. The molecule has 7 heteroatoms. The average Bonchev–Trinajstić information content (AvgIpc) is 3.28. The van der Waals surface area contributed by atoms with Gasteiger partial charge in [0.2, 0.25) is 0 Å². The Hall–Kier alpha value is -1.60. The molecule has 1 N–H and O–H groups in total. The van der Waals surface area contributed by atoms with E-state index < -0.39 is 9.84 Å². The molecule has 4 rings (SSSR count). The van der Waals surface area contributed by atoms with Crippen molar-refractivity contribution in [3.05, 3.63) is 29.8 Å². The number of benzene rings is 1. The van der Waals surface area contributed by atoms with Gasteiger partial charge in [0, 0.05) is 44.8 Å². The van der Waals surface area contributed by atoms with Crippen molar-refractivity contribution in [2.75, 3.05) is 26.4 Å². The summed E-state index contributed by atoms with van der Waals surface area (Å²) in [5, 5.41) is 3.41. The van der Waals surface area contributed by atoms with Crippen molar-refractivity contribution < 1.29 is 13.2 Å². The van der Waals surface area contributed by atoms with Crippen molar-refractivity contribution in [1.82, 2.24) is 10.2 Å². The highest BCUT2D eigenvalue weighted by atomic mass is 32.2. The molecule has 3 fully saturated rings. The number of sulfone groups is 1. The summed E-state index contributed by atoms with van der Waals surface area (Å²) in [4.78, 5) is 7.13. The normalized spacial score (nSPS) is 31.4. The highest BCUT2D eigenvalue weighted by Crippen LogP contribution is 2.47. The van der Waals surface area contributed by atoms with Crippen molar-refractivity contribution in [3.63, 3.8) is 0 Å². The monoisotopic (exact) mass is 363 g/mol. The number of guanidine groups is 1. The van der Waals surface area contributed by atoms with Crippen LogP contribution < -0.4 is 5.32 Å². The maximum Gasteiger partial charge on any atom is 0.193 e. The second kappa shape index (κ2) is 6.29. The number of fused-ring (bicyclic) bond motifs is 5. The molecule has 0 spiro atoms. The van der Waals surface area contributed by atoms with E-state index in [2.05, 4.69) is 15.2 Å². The van der Waals surface area contributed by atoms with E-state index in [9.17, 15) is 8.42 Å². The minimum absolute atomic E-state index is 0.350. The smallest absolute Gasteiger partial charge is 0.193 e. The SMILES string of the molecule is CN=C(NCc1ccc(S(C)(=O)=O)cc1)N1CC2C3CCC(O3)C2C1. The van der Waals surface area contributed by atoms with E-state index in [1.54, 1.807) is 12.1 Å². The average molecular weight is 363 g/mol. The first-order chi connectivity index (χ1) is 12.0. The minimum Gasteiger partial charge on any atom is -0.374 e. The molecule has 2 bridgehead atoms. The molecule has 0 aromatic heterocycles. The molecule has 4 atom stereocenters. The molecule has 4 unspecified atom stereocenters. The molecule has 0 aliphatic carbocycles. The summed E-state index contributed by atoms with van der Waals surface area (Å²) < 4.78 is 29.1. The quantitative estimate of drug-likeness (QED) is 0.647. The molecular weight excluding hydrogens is 338 g/mol. The van der Waals surface area contributed by atoms with Crippen LogP contribution in [-0.4, -0.2) is 57.9 Å². The zero-order chi connectivity index (χ0) is 17.6. The molecule has 25 heavy (non-hydrogen) atoms. The molecule has 0 saturated carbocycles. The Labute approximate surface area is 149 Å². The van der Waals surface area contributed by atoms with Crippen LogP contribution in [0.2, 0.25) is 0 Å². The van der Waals surface area contributed by atoms with Gasteiger partial charge in [0.15, 0.2) is 15.8 Å². The van der Waals surface area contributed by atoms with E-state index in [1.165, 1.54) is 19.1 Å². The van der Waals surface area contributed by atoms with E-state index in [1.807, 2.05) is 19.2 Å². The summed E-state index contributed by atoms with van der Waals surface area (Å²) in [6.07, 6.45) is 4.53. The lowest BCUT2D eigenvalue weighted by atomic mass is 9.82. The number of aliphatic imine (C=N–C) groups is 1. The van der Waals surface area contributed by atoms with Gasteiger partial charge in [-0.1, -0.05) is 12.1 Å². The van der Waals surface area contributed by atoms with Gasteiger partial charge < -0.3 is 15.0 Å². The van der Waals surface area contributed by atoms with Gasteiger partial charge in [0.1, 0.15) is 0 Å². The fraction of sp³-hybridized carbons (Fsp3) is 0.611. The minimum atomic E-state index is -3.15. The topological polar surface area (TPSA) is 71.0 Å². The van der Waals surface area contributed by atoms with E-state index in [4.69, 9.17) is 4.74 Å². The molecule has 1 aromatic rings. The first-order valence-corrected chi connectivity index (χ1v) is 10.7. The van der Waals surface area contributed by atoms with Crippen LogP contribution >= 0.6 is 0 Å². The summed E-state index contributed by atoms with van der Waals surface area (Å²) >= 11 is 0. The van der Waals surface area contributed by atoms with Crippen LogP contribution in [0.5, 0.6) is 0 Å². The molecule has 0 radical (unpaired) electrons. The van der Waals surface area contributed by atoms with Gasteiger partial charge >= 0.3 is 0 Å². The van der Waals surface area contributed by atoms with Crippen molar-refractivity contribution >= 4 is 15.8 Å². The van der Waals surface area contributed by atoms with Gasteiger partial charge in [-0.05, 0) is 30.5 Å². The van der Waals surface area contributed by atoms with E-state index in [0.717, 1.165) is 24.6 Å². The second-order valence-corrected chi connectivity index (χ2v) is 9.36. The molecular formula is C18H25N3O3S. The number of nitrogens with zero attached hydrogens (tertiary/aromatic N) is 2. The van der Waals surface area contributed by atoms with Gasteiger partial charge in [0.05, 0.1) is 17.1 Å². The summed E-state index contributed by atoms with van der Waals surface area (Å²) in [7, 11) is -1.33. The Morgan fingerprint density at radius 2 is 1.80 bits per heavy atom. The van der Waals surface area contributed by atoms with Crippen LogP contribution in [0.1, 0.15) is 18.4 Å². The van der Waals surface area contributed by atoms with Crippen LogP contribution in [0.15, 0.2) is 34.2 Å². The molecule has 3 saturated heterocycles. The highest BCUT2D eigenvalue weighted by Gasteiger charge is 2.53. The largest absolute Gasteiger partial charge is 0.374 e. The second-order valence-electron chi connectivity index (χ2n) is 7.34. The molecule has 3 aliphatic heterocycles. The van der Waals surface area contributed by atoms with Crippen molar-refractivity contribution in [2.24, 2.45) is 16.8 Å². The molecule has 136 valence electrons. The van der Waals surface area contributed by atoms with E-state index >= 15 is 0 Å². The Balaban J connectivity index is 1.37. The van der Waals surface area contributed by atoms with Crippen molar-refractivity contribution in [2.45, 2.75) is 36.5 Å². The fourth-order valence-corrected chi connectivity index (χ4v) is 5.13. The van der Waals surface area contributed by atoms with Gasteiger partial charge in [-0.15, -0.1) is 0 Å². The summed E-state index contributed by atoms with van der Waals surface area (Å²) in [6.45, 7) is 2.66. The van der Waals surface area contributed by atoms with Gasteiger partial charge in [0.25, 0.3) is 0 Å². The van der Waals surface area contributed by atoms with Crippen LogP contribution in [0, 0.1) is 11.8 Å². The molecule has 6 nitrogen and oxygen atoms in total. The van der Waals surface area contributed by atoms with Crippen LogP contribution in [0.3, 0.4) is 0 Å². The molecule has 3 aliphatic rings. The van der Waals surface area contributed by atoms with Gasteiger partial charge in [-0.2, -0.15) is 0 Å². The zero-order valence-electron chi connectivity index (χ0n) is 14.7. The predicted octanol–water partition coefficient (Wildman–Crippen LogP) is 1.27. The Bertz CT molecular complexity index is 757. The number of hydrogen-bond acceptors (Lipinski definition) is 4. The first kappa shape index (κ1) is 16.8. The molecule has 0 amide bonds. The molecule has 1 aromatic carbocycles. The predicted molar refractivity (Wildman–Crippen MR) is 96.2 cm³/mol. The van der Waals surface area contributed by atoms with Crippen LogP contribution in [0.4, 0.5) is 0 Å². The maximum atomic E-state index is 11.5. The van der Waals surface area contributed by atoms with Gasteiger partial charge in [-0.25, -0.2) is 8.42 Å². The number of likely N-dealkylation sites (tertiary alicyclic amines) is 1. The van der Waals surface area contributed by atoms with Gasteiger partial charge in [-0.3, -0.25) is 4.99 Å². The third-order valence-electron chi connectivity index (χ3n) is 5.77. The third kappa shape index (κ3) is 3.15. The summed E-state index contributed by atoms with van der Waals surface area (Å²) in [6, 6.07) is 7.02. The van der Waals surface area contributed by atoms with Crippen LogP contribution in [0.25, 0.3) is 0 Å². The summed E-state index contributed by atoms with van der Waals surface area (Å²) in [5.74, 6) is 2.21. The third-order valence-corrected chi connectivity index (χ3v) is 6.89. The Morgan fingerprint density at radius 1 is 1.20 bits per heavy atom. The Morgan fingerprint density at radius 3 is 2.32 bits per heavy atom. The standard InChI is InChI=1S/C18H25N3O3S/c1-19-18(20-9-12-3-5-13(6-4-12)25(2,22)23)21-10-14-15(11-21)17-8-7-16(14)24-17/h3-6,14-17H,7-11H2,1-2H3,(H,19,20). The Kier molecular flexibility index (Phi) is 4.24. The first-order valence-electron chi connectivity index (χ1n) is 8.86. The maximum absolute atomic E-state index is 11.5. The number of rotatable bonds is 3. The van der Waals surface area contributed by atoms with E-state index in [0.29, 0.717) is 35.5 Å². The lowest BCUT2D eigenvalue weighted by Gasteiger charge is -2.23. The lowest BCUT2D eigenvalue weighted by molar-refractivity contribution is 0.0767. The van der Waals surface area contributed by atoms with Crippen molar-refractivity contribution in [3.8, 4) is 0 Å². The summed E-state index contributed by atoms with van der Waals surface area (Å²) in [5.41, 5.74) is 1.04. The highest BCUT2D eigenvalue weighted by molar-refractivity contribution is 7.90. The van der Waals surface area contributed by atoms with E-state index in [-0.39, 0.29) is 0 Å².